The minimum Gasteiger partial charge on any atom is -0.457 e. The van der Waals surface area contributed by atoms with Gasteiger partial charge in [-0.1, -0.05) is 164 Å². The Balaban J connectivity index is 2.25. The van der Waals surface area contributed by atoms with Crippen LogP contribution in [0.4, 0.5) is 0 Å². The Morgan fingerprint density at radius 1 is 0.533 bits per heavy atom. The Hall–Kier alpha value is -2.11. The van der Waals surface area contributed by atoms with Gasteiger partial charge in [0.25, 0.3) is 0 Å². The van der Waals surface area contributed by atoms with E-state index in [0.717, 1.165) is 77.0 Å². The number of esters is 1. The first kappa shape index (κ1) is 55.9. The van der Waals surface area contributed by atoms with E-state index in [2.05, 4.69) is 74.6 Å². The summed E-state index contributed by atoms with van der Waals surface area (Å²) in [5.41, 5.74) is 0. The molecule has 1 rings (SSSR count). The molecule has 1 fully saturated rings. The number of carbonyl (C=O) groups is 1. The van der Waals surface area contributed by atoms with Crippen LogP contribution in [0.2, 0.25) is 0 Å². The standard InChI is InChI=1S/C51H90O9/c1-3-5-7-9-11-13-15-17-19-21-22-23-25-27-29-31-33-35-37-39-41-57-43-45(44-58-51-50(56)49(55)48(54)46(42-52)60-51)59-47(53)40-38-36-34-32-30-28-26-24-20-18-16-14-12-10-8-6-4-2/h11-14,17-20,22-23,45-46,48-52,54-56H,3-10,15-16,21,24-44H2,1-2H3/b13-11-,14-12-,19-17-,20-18-,23-22-. The number of aliphatic hydroxyl groups is 4. The minimum atomic E-state index is -1.54. The molecule has 60 heavy (non-hydrogen) atoms. The summed E-state index contributed by atoms with van der Waals surface area (Å²) < 4.78 is 22.9. The van der Waals surface area contributed by atoms with Gasteiger partial charge in [0.15, 0.2) is 6.29 Å². The maximum absolute atomic E-state index is 12.8. The fourth-order valence-corrected chi connectivity index (χ4v) is 7.06. The van der Waals surface area contributed by atoms with Crippen LogP contribution in [0.15, 0.2) is 60.8 Å². The third-order valence-electron chi connectivity index (χ3n) is 10.9. The highest BCUT2D eigenvalue weighted by atomic mass is 16.7. The Morgan fingerprint density at radius 2 is 0.967 bits per heavy atom. The number of unbranched alkanes of at least 4 members (excludes halogenated alkanes) is 20. The van der Waals surface area contributed by atoms with Crippen LogP contribution in [0.25, 0.3) is 0 Å². The summed E-state index contributed by atoms with van der Waals surface area (Å²) >= 11 is 0. The molecule has 9 nitrogen and oxygen atoms in total. The molecule has 4 N–H and O–H groups in total. The van der Waals surface area contributed by atoms with E-state index in [1.54, 1.807) is 0 Å². The van der Waals surface area contributed by atoms with Gasteiger partial charge in [0.05, 0.1) is 19.8 Å². The van der Waals surface area contributed by atoms with Gasteiger partial charge in [0, 0.05) is 13.0 Å². The summed E-state index contributed by atoms with van der Waals surface area (Å²) in [4.78, 5) is 12.8. The molecule has 0 saturated carbocycles. The Bertz CT molecular complexity index is 1100. The summed E-state index contributed by atoms with van der Waals surface area (Å²) in [5.74, 6) is -0.326. The first-order chi connectivity index (χ1) is 29.4. The summed E-state index contributed by atoms with van der Waals surface area (Å²) in [6.07, 6.45) is 46.7. The number of rotatable bonds is 41. The van der Waals surface area contributed by atoms with E-state index in [-0.39, 0.29) is 19.2 Å². The quantitative estimate of drug-likeness (QED) is 0.0269. The van der Waals surface area contributed by atoms with E-state index in [4.69, 9.17) is 18.9 Å². The highest BCUT2D eigenvalue weighted by Crippen LogP contribution is 2.22. The number of allylic oxidation sites excluding steroid dienone is 10. The molecule has 1 aliphatic heterocycles. The van der Waals surface area contributed by atoms with Crippen molar-refractivity contribution in [2.75, 3.05) is 26.4 Å². The molecule has 6 unspecified atom stereocenters. The summed E-state index contributed by atoms with van der Waals surface area (Å²) in [5, 5.41) is 40.2. The van der Waals surface area contributed by atoms with E-state index in [1.807, 2.05) is 0 Å². The first-order valence-electron chi connectivity index (χ1n) is 24.4. The van der Waals surface area contributed by atoms with Crippen molar-refractivity contribution in [1.29, 1.82) is 0 Å². The topological polar surface area (TPSA) is 135 Å². The lowest BCUT2D eigenvalue weighted by Crippen LogP contribution is -2.59. The van der Waals surface area contributed by atoms with Crippen LogP contribution in [0, 0.1) is 0 Å². The van der Waals surface area contributed by atoms with E-state index < -0.39 is 43.4 Å². The number of aliphatic hydroxyl groups excluding tert-OH is 4. The van der Waals surface area contributed by atoms with Crippen molar-refractivity contribution < 1.29 is 44.2 Å². The maximum Gasteiger partial charge on any atom is 0.306 e. The Morgan fingerprint density at radius 3 is 1.45 bits per heavy atom. The number of ether oxygens (including phenoxy) is 4. The smallest absolute Gasteiger partial charge is 0.306 e. The van der Waals surface area contributed by atoms with Crippen LogP contribution in [0.5, 0.6) is 0 Å². The molecule has 1 aliphatic rings. The van der Waals surface area contributed by atoms with E-state index >= 15 is 0 Å². The number of hydrogen-bond donors (Lipinski definition) is 4. The van der Waals surface area contributed by atoms with Crippen LogP contribution in [0.3, 0.4) is 0 Å². The predicted octanol–water partition coefficient (Wildman–Crippen LogP) is 11.5. The largest absolute Gasteiger partial charge is 0.457 e. The molecule has 9 heteroatoms. The zero-order valence-electron chi connectivity index (χ0n) is 38.2. The summed E-state index contributed by atoms with van der Waals surface area (Å²) in [6.45, 7) is 4.48. The molecule has 348 valence electrons. The highest BCUT2D eigenvalue weighted by molar-refractivity contribution is 5.69. The molecule has 0 spiro atoms. The molecule has 0 radical (unpaired) electrons. The lowest BCUT2D eigenvalue weighted by Gasteiger charge is -2.39. The second kappa shape index (κ2) is 42.2. The molecule has 1 saturated heterocycles. The zero-order valence-corrected chi connectivity index (χ0v) is 38.2. The highest BCUT2D eigenvalue weighted by Gasteiger charge is 2.44. The second-order valence-corrected chi connectivity index (χ2v) is 16.6. The maximum atomic E-state index is 12.8. The van der Waals surface area contributed by atoms with Crippen LogP contribution >= 0.6 is 0 Å². The average Bonchev–Trinajstić information content (AvgIpc) is 3.25. The van der Waals surface area contributed by atoms with Crippen molar-refractivity contribution in [2.24, 2.45) is 0 Å². The van der Waals surface area contributed by atoms with Crippen molar-refractivity contribution >= 4 is 5.97 Å². The van der Waals surface area contributed by atoms with Gasteiger partial charge in [-0.15, -0.1) is 0 Å². The zero-order chi connectivity index (χ0) is 43.6. The molecule has 0 aromatic carbocycles. The molecule has 1 heterocycles. The molecular formula is C51H90O9. The van der Waals surface area contributed by atoms with E-state index in [1.165, 1.54) is 96.3 Å². The van der Waals surface area contributed by atoms with Crippen LogP contribution in [-0.4, -0.2) is 89.6 Å². The van der Waals surface area contributed by atoms with Crippen molar-refractivity contribution in [2.45, 2.75) is 230 Å². The second-order valence-electron chi connectivity index (χ2n) is 16.6. The third kappa shape index (κ3) is 32.6. The van der Waals surface area contributed by atoms with Gasteiger partial charge < -0.3 is 39.4 Å². The van der Waals surface area contributed by atoms with Gasteiger partial charge >= 0.3 is 5.97 Å². The lowest BCUT2D eigenvalue weighted by molar-refractivity contribution is -0.305. The molecule has 0 aromatic heterocycles. The number of hydrogen-bond acceptors (Lipinski definition) is 9. The Labute approximate surface area is 366 Å². The van der Waals surface area contributed by atoms with Gasteiger partial charge in [-0.2, -0.15) is 0 Å². The number of carbonyl (C=O) groups excluding carboxylic acids is 1. The van der Waals surface area contributed by atoms with Crippen LogP contribution in [0.1, 0.15) is 194 Å². The van der Waals surface area contributed by atoms with Gasteiger partial charge in [0.2, 0.25) is 0 Å². The van der Waals surface area contributed by atoms with Gasteiger partial charge in [0.1, 0.15) is 30.5 Å². The average molecular weight is 847 g/mol. The normalized spacial score (nSPS) is 20.5. The third-order valence-corrected chi connectivity index (χ3v) is 10.9. The molecule has 0 aromatic rings. The van der Waals surface area contributed by atoms with Crippen molar-refractivity contribution in [3.63, 3.8) is 0 Å². The van der Waals surface area contributed by atoms with Gasteiger partial charge in [-0.3, -0.25) is 4.79 Å². The van der Waals surface area contributed by atoms with Gasteiger partial charge in [-0.25, -0.2) is 0 Å². The fourth-order valence-electron chi connectivity index (χ4n) is 7.06. The fraction of sp³-hybridized carbons (Fsp3) is 0.784. The van der Waals surface area contributed by atoms with Gasteiger partial charge in [-0.05, 0) is 83.5 Å². The summed E-state index contributed by atoms with van der Waals surface area (Å²) in [7, 11) is 0. The first-order valence-corrected chi connectivity index (χ1v) is 24.4. The lowest BCUT2D eigenvalue weighted by atomic mass is 9.99. The van der Waals surface area contributed by atoms with Crippen molar-refractivity contribution in [3.8, 4) is 0 Å². The summed E-state index contributed by atoms with van der Waals surface area (Å²) in [6, 6.07) is 0. The molecule has 0 amide bonds. The molecule has 0 bridgehead atoms. The molecule has 0 aliphatic carbocycles. The van der Waals surface area contributed by atoms with E-state index in [0.29, 0.717) is 13.0 Å². The molecule has 6 atom stereocenters. The van der Waals surface area contributed by atoms with Crippen LogP contribution < -0.4 is 0 Å². The van der Waals surface area contributed by atoms with Crippen LogP contribution in [-0.2, 0) is 23.7 Å². The minimum absolute atomic E-state index is 0.123. The Kier molecular flexibility index (Phi) is 39.3. The molecular weight excluding hydrogens is 757 g/mol. The van der Waals surface area contributed by atoms with Crippen molar-refractivity contribution in [3.05, 3.63) is 60.8 Å². The monoisotopic (exact) mass is 847 g/mol. The SMILES string of the molecule is CCCCC/C=C\C/C=C\C/C=C\CCCCCCCCCOCC(COC1OC(CO)C(O)C(O)C1O)OC(=O)CCCCCCCCC/C=C\C/C=C\CCCCC. The predicted molar refractivity (Wildman–Crippen MR) is 247 cm³/mol. The van der Waals surface area contributed by atoms with Crippen molar-refractivity contribution in [1.82, 2.24) is 0 Å². The van der Waals surface area contributed by atoms with E-state index in [9.17, 15) is 25.2 Å².